The normalized spacial score (nSPS) is 13.7. The van der Waals surface area contributed by atoms with Crippen molar-refractivity contribution in [3.8, 4) is 0 Å². The fourth-order valence-corrected chi connectivity index (χ4v) is 4.96. The van der Waals surface area contributed by atoms with Gasteiger partial charge in [0.25, 0.3) is 0 Å². The van der Waals surface area contributed by atoms with Gasteiger partial charge in [-0.15, -0.1) is 0 Å². The minimum Gasteiger partial charge on any atom is -0.380 e. The van der Waals surface area contributed by atoms with Crippen molar-refractivity contribution in [2.75, 3.05) is 13.2 Å². The molecule has 8 heteroatoms. The lowest BCUT2D eigenvalue weighted by Crippen LogP contribution is -2.42. The molecule has 0 bridgehead atoms. The van der Waals surface area contributed by atoms with Crippen LogP contribution < -0.4 is 4.72 Å². The van der Waals surface area contributed by atoms with Crippen LogP contribution in [0, 0.1) is 5.92 Å². The molecule has 120 valence electrons. The second-order valence-corrected chi connectivity index (χ2v) is 8.21. The molecule has 1 aromatic rings. The summed E-state index contributed by atoms with van der Waals surface area (Å²) >= 11 is 15.3. The van der Waals surface area contributed by atoms with Crippen LogP contribution in [0.15, 0.2) is 21.5 Å². The van der Waals surface area contributed by atoms with Crippen LogP contribution in [-0.4, -0.2) is 27.7 Å². The third-order valence-corrected chi connectivity index (χ3v) is 5.71. The molecule has 1 rings (SSSR count). The molecule has 1 atom stereocenters. The van der Waals surface area contributed by atoms with Crippen LogP contribution in [0.1, 0.15) is 20.8 Å². The first-order valence-electron chi connectivity index (χ1n) is 6.43. The first kappa shape index (κ1) is 19.2. The highest BCUT2D eigenvalue weighted by molar-refractivity contribution is 9.10. The molecular weight excluding hydrogens is 401 g/mol. The Morgan fingerprint density at radius 2 is 1.81 bits per heavy atom. The molecule has 0 amide bonds. The number of hydrogen-bond acceptors (Lipinski definition) is 3. The molecule has 0 saturated heterocycles. The summed E-state index contributed by atoms with van der Waals surface area (Å²) in [5.41, 5.74) is 0. The highest BCUT2D eigenvalue weighted by Gasteiger charge is 2.27. The molecule has 1 N–H and O–H groups in total. The SMILES string of the molecule is CCOCC(NS(=O)(=O)c1c(Cl)cc(Br)cc1Cl)C(C)C. The van der Waals surface area contributed by atoms with Crippen molar-refractivity contribution >= 4 is 49.2 Å². The van der Waals surface area contributed by atoms with E-state index in [1.165, 1.54) is 12.1 Å². The van der Waals surface area contributed by atoms with E-state index < -0.39 is 10.0 Å². The molecule has 21 heavy (non-hydrogen) atoms. The topological polar surface area (TPSA) is 55.4 Å². The molecule has 0 spiro atoms. The highest BCUT2D eigenvalue weighted by atomic mass is 79.9. The molecule has 4 nitrogen and oxygen atoms in total. The van der Waals surface area contributed by atoms with Crippen LogP contribution in [0.4, 0.5) is 0 Å². The van der Waals surface area contributed by atoms with Crippen molar-refractivity contribution in [1.82, 2.24) is 4.72 Å². The zero-order valence-corrected chi connectivity index (χ0v) is 15.9. The Balaban J connectivity index is 3.11. The predicted octanol–water partition coefficient (Wildman–Crippen LogP) is 4.10. The van der Waals surface area contributed by atoms with Gasteiger partial charge in [0.2, 0.25) is 10.0 Å². The van der Waals surface area contributed by atoms with E-state index in [0.29, 0.717) is 17.7 Å². The van der Waals surface area contributed by atoms with Gasteiger partial charge in [0.1, 0.15) is 4.90 Å². The first-order chi connectivity index (χ1) is 9.69. The number of rotatable bonds is 7. The molecule has 0 aromatic heterocycles. The van der Waals surface area contributed by atoms with Crippen molar-refractivity contribution in [2.24, 2.45) is 5.92 Å². The summed E-state index contributed by atoms with van der Waals surface area (Å²) < 4.78 is 33.6. The van der Waals surface area contributed by atoms with Crippen molar-refractivity contribution < 1.29 is 13.2 Å². The third-order valence-electron chi connectivity index (χ3n) is 2.84. The molecule has 0 aliphatic carbocycles. The number of benzene rings is 1. The average Bonchev–Trinajstić information content (AvgIpc) is 2.32. The molecule has 0 saturated carbocycles. The van der Waals surface area contributed by atoms with Crippen LogP contribution in [0.5, 0.6) is 0 Å². The summed E-state index contributed by atoms with van der Waals surface area (Å²) in [7, 11) is -3.83. The van der Waals surface area contributed by atoms with E-state index in [-0.39, 0.29) is 26.9 Å². The fourth-order valence-electron chi connectivity index (χ4n) is 1.65. The molecular formula is C13H18BrCl2NO3S. The maximum absolute atomic E-state index is 12.5. The molecule has 0 aliphatic heterocycles. The van der Waals surface area contributed by atoms with Gasteiger partial charge in [0, 0.05) is 17.1 Å². The number of nitrogens with one attached hydrogen (secondary N) is 1. The summed E-state index contributed by atoms with van der Waals surface area (Å²) in [6, 6.07) is 2.63. The maximum Gasteiger partial charge on any atom is 0.243 e. The van der Waals surface area contributed by atoms with E-state index in [1.54, 1.807) is 0 Å². The lowest BCUT2D eigenvalue weighted by Gasteiger charge is -2.22. The minimum absolute atomic E-state index is 0.0688. The highest BCUT2D eigenvalue weighted by Crippen LogP contribution is 2.33. The zero-order chi connectivity index (χ0) is 16.2. The molecule has 1 aromatic carbocycles. The standard InChI is InChI=1S/C13H18BrCl2NO3S/c1-4-20-7-12(8(2)3)17-21(18,19)13-10(15)5-9(14)6-11(13)16/h5-6,8,12,17H,4,7H2,1-3H3. The Bertz CT molecular complexity index is 570. The number of hydrogen-bond donors (Lipinski definition) is 1. The van der Waals surface area contributed by atoms with Gasteiger partial charge in [-0.05, 0) is 25.0 Å². The molecule has 1 unspecified atom stereocenters. The van der Waals surface area contributed by atoms with Gasteiger partial charge >= 0.3 is 0 Å². The Morgan fingerprint density at radius 1 is 1.29 bits per heavy atom. The second-order valence-electron chi connectivity index (χ2n) is 4.83. The smallest absolute Gasteiger partial charge is 0.243 e. The Hall–Kier alpha value is 0.150. The van der Waals surface area contributed by atoms with E-state index in [4.69, 9.17) is 27.9 Å². The Morgan fingerprint density at radius 3 is 2.24 bits per heavy atom. The summed E-state index contributed by atoms with van der Waals surface area (Å²) in [6.45, 7) is 6.49. The van der Waals surface area contributed by atoms with Crippen LogP contribution >= 0.6 is 39.1 Å². The molecule has 0 aliphatic rings. The van der Waals surface area contributed by atoms with Crippen molar-refractivity contribution in [1.29, 1.82) is 0 Å². The van der Waals surface area contributed by atoms with Crippen LogP contribution in [-0.2, 0) is 14.8 Å². The van der Waals surface area contributed by atoms with Gasteiger partial charge < -0.3 is 4.74 Å². The fraction of sp³-hybridized carbons (Fsp3) is 0.538. The summed E-state index contributed by atoms with van der Waals surface area (Å²) in [5.74, 6) is 0.0688. The molecule has 0 radical (unpaired) electrons. The van der Waals surface area contributed by atoms with Crippen molar-refractivity contribution in [3.63, 3.8) is 0 Å². The summed E-state index contributed by atoms with van der Waals surface area (Å²) in [4.78, 5) is -0.115. The number of sulfonamides is 1. The van der Waals surface area contributed by atoms with E-state index >= 15 is 0 Å². The van der Waals surface area contributed by atoms with E-state index in [9.17, 15) is 8.42 Å². The van der Waals surface area contributed by atoms with Crippen molar-refractivity contribution in [3.05, 3.63) is 26.7 Å². The predicted molar refractivity (Wildman–Crippen MR) is 89.6 cm³/mol. The summed E-state index contributed by atoms with van der Waals surface area (Å²) in [6.07, 6.45) is 0. The van der Waals surface area contributed by atoms with Crippen LogP contribution in [0.25, 0.3) is 0 Å². The van der Waals surface area contributed by atoms with Gasteiger partial charge in [0.05, 0.1) is 16.7 Å². The van der Waals surface area contributed by atoms with E-state index in [2.05, 4.69) is 20.7 Å². The van der Waals surface area contributed by atoms with Gasteiger partial charge in [-0.2, -0.15) is 0 Å². The zero-order valence-electron chi connectivity index (χ0n) is 12.0. The average molecular weight is 419 g/mol. The monoisotopic (exact) mass is 417 g/mol. The van der Waals surface area contributed by atoms with Gasteiger partial charge in [-0.1, -0.05) is 53.0 Å². The molecule has 0 fully saturated rings. The van der Waals surface area contributed by atoms with E-state index in [0.717, 1.165) is 0 Å². The third kappa shape index (κ3) is 5.37. The summed E-state index contributed by atoms with van der Waals surface area (Å²) in [5, 5.41) is 0.140. The van der Waals surface area contributed by atoms with Gasteiger partial charge in [-0.3, -0.25) is 0 Å². The van der Waals surface area contributed by atoms with Crippen LogP contribution in [0.2, 0.25) is 10.0 Å². The Labute approximate surface area is 144 Å². The lowest BCUT2D eigenvalue weighted by molar-refractivity contribution is 0.116. The quantitative estimate of drug-likeness (QED) is 0.725. The van der Waals surface area contributed by atoms with Crippen molar-refractivity contribution in [2.45, 2.75) is 31.7 Å². The van der Waals surface area contributed by atoms with Gasteiger partial charge in [0.15, 0.2) is 0 Å². The maximum atomic E-state index is 12.5. The lowest BCUT2D eigenvalue weighted by atomic mass is 10.1. The number of ether oxygens (including phenoxy) is 1. The Kier molecular flexibility index (Phi) is 7.43. The van der Waals surface area contributed by atoms with Gasteiger partial charge in [-0.25, -0.2) is 13.1 Å². The van der Waals surface area contributed by atoms with E-state index in [1.807, 2.05) is 20.8 Å². The number of halogens is 3. The molecule has 0 heterocycles. The minimum atomic E-state index is -3.83. The van der Waals surface area contributed by atoms with Crippen LogP contribution in [0.3, 0.4) is 0 Å². The first-order valence-corrected chi connectivity index (χ1v) is 9.46. The largest absolute Gasteiger partial charge is 0.380 e. The second kappa shape index (κ2) is 8.13.